The van der Waals surface area contributed by atoms with Crippen LogP contribution in [0.1, 0.15) is 39.0 Å². The number of ketones is 1. The van der Waals surface area contributed by atoms with E-state index in [4.69, 9.17) is 0 Å². The molecule has 0 aromatic rings. The Kier molecular flexibility index (Phi) is 2.68. The van der Waals surface area contributed by atoms with Gasteiger partial charge in [-0.2, -0.15) is 11.8 Å². The highest BCUT2D eigenvalue weighted by Crippen LogP contribution is 2.61. The van der Waals surface area contributed by atoms with Crippen molar-refractivity contribution in [2.45, 2.75) is 39.0 Å². The highest BCUT2D eigenvalue weighted by atomic mass is 32.2. The van der Waals surface area contributed by atoms with Crippen molar-refractivity contribution in [3.05, 3.63) is 0 Å². The van der Waals surface area contributed by atoms with Crippen molar-refractivity contribution in [3.63, 3.8) is 0 Å². The molecule has 2 heteroatoms. The van der Waals surface area contributed by atoms with Gasteiger partial charge in [0, 0.05) is 6.42 Å². The molecule has 0 radical (unpaired) electrons. The molecule has 2 rings (SSSR count). The van der Waals surface area contributed by atoms with Crippen molar-refractivity contribution in [1.82, 2.24) is 0 Å². The molecule has 13 heavy (non-hydrogen) atoms. The van der Waals surface area contributed by atoms with Crippen LogP contribution in [-0.2, 0) is 4.79 Å². The van der Waals surface area contributed by atoms with E-state index in [2.05, 4.69) is 11.8 Å². The Morgan fingerprint density at radius 1 is 1.62 bits per heavy atom. The molecule has 1 nitrogen and oxygen atoms in total. The van der Waals surface area contributed by atoms with Gasteiger partial charge >= 0.3 is 0 Å². The maximum Gasteiger partial charge on any atom is 0.129 e. The number of rotatable bonds is 3. The summed E-state index contributed by atoms with van der Waals surface area (Å²) in [5, 5.41) is 0. The molecule has 0 aromatic carbocycles. The fraction of sp³-hybridized carbons (Fsp3) is 0.909. The number of hydrogen-bond donors (Lipinski definition) is 0. The summed E-state index contributed by atoms with van der Waals surface area (Å²) in [5.41, 5.74) is 0.693. The topological polar surface area (TPSA) is 17.1 Å². The molecule has 1 spiro atoms. The lowest BCUT2D eigenvalue weighted by Gasteiger charge is -2.21. The third-order valence-corrected chi connectivity index (χ3v) is 4.91. The van der Waals surface area contributed by atoms with Gasteiger partial charge in [-0.3, -0.25) is 0 Å². The predicted octanol–water partition coefficient (Wildman–Crippen LogP) is 2.89. The van der Waals surface area contributed by atoms with E-state index in [1.54, 1.807) is 6.92 Å². The molecule has 0 amide bonds. The minimum Gasteiger partial charge on any atom is -0.300 e. The fourth-order valence-electron chi connectivity index (χ4n) is 2.57. The summed E-state index contributed by atoms with van der Waals surface area (Å²) in [7, 11) is 0. The van der Waals surface area contributed by atoms with E-state index in [1.807, 2.05) is 0 Å². The van der Waals surface area contributed by atoms with Crippen LogP contribution in [0.5, 0.6) is 0 Å². The first kappa shape index (κ1) is 9.57. The largest absolute Gasteiger partial charge is 0.300 e. The zero-order valence-electron chi connectivity index (χ0n) is 8.34. The molecule has 1 saturated carbocycles. The molecule has 74 valence electrons. The molecule has 2 fully saturated rings. The minimum atomic E-state index is 0.366. The van der Waals surface area contributed by atoms with Crippen LogP contribution in [0.2, 0.25) is 0 Å². The quantitative estimate of drug-likeness (QED) is 0.693. The van der Waals surface area contributed by atoms with Crippen molar-refractivity contribution in [2.75, 3.05) is 11.5 Å². The molecule has 0 N–H and O–H groups in total. The van der Waals surface area contributed by atoms with Crippen LogP contribution in [0.25, 0.3) is 0 Å². The molecular formula is C11H18OS. The summed E-state index contributed by atoms with van der Waals surface area (Å²) in [6, 6.07) is 0. The second-order valence-corrected chi connectivity index (χ2v) is 5.77. The molecule has 0 aromatic heterocycles. The Labute approximate surface area is 84.7 Å². The van der Waals surface area contributed by atoms with E-state index in [1.165, 1.54) is 30.8 Å². The van der Waals surface area contributed by atoms with E-state index in [0.29, 0.717) is 11.2 Å². The fourth-order valence-corrected chi connectivity index (χ4v) is 3.97. The zero-order valence-corrected chi connectivity index (χ0v) is 9.16. The minimum absolute atomic E-state index is 0.366. The molecule has 1 aliphatic carbocycles. The van der Waals surface area contributed by atoms with Crippen molar-refractivity contribution in [3.8, 4) is 0 Å². The Hall–Kier alpha value is 0.0200. The van der Waals surface area contributed by atoms with Gasteiger partial charge in [0.05, 0.1) is 0 Å². The van der Waals surface area contributed by atoms with Gasteiger partial charge in [-0.1, -0.05) is 0 Å². The number of carbonyl (C=O) groups is 1. The van der Waals surface area contributed by atoms with Crippen LogP contribution < -0.4 is 0 Å². The van der Waals surface area contributed by atoms with E-state index < -0.39 is 0 Å². The maximum atomic E-state index is 10.8. The first-order chi connectivity index (χ1) is 6.23. The van der Waals surface area contributed by atoms with Gasteiger partial charge in [0.15, 0.2) is 0 Å². The van der Waals surface area contributed by atoms with E-state index in [9.17, 15) is 4.79 Å². The number of carbonyl (C=O) groups excluding carboxylic acids is 1. The molecule has 2 atom stereocenters. The van der Waals surface area contributed by atoms with Crippen LogP contribution in [0.15, 0.2) is 0 Å². The van der Waals surface area contributed by atoms with Gasteiger partial charge < -0.3 is 4.79 Å². The maximum absolute atomic E-state index is 10.8. The molecular weight excluding hydrogens is 180 g/mol. The number of thioether (sulfide) groups is 1. The summed E-state index contributed by atoms with van der Waals surface area (Å²) in [6.07, 6.45) is 6.23. The second kappa shape index (κ2) is 3.64. The van der Waals surface area contributed by atoms with Crippen LogP contribution in [0.4, 0.5) is 0 Å². The van der Waals surface area contributed by atoms with Gasteiger partial charge in [-0.05, 0) is 55.4 Å². The SMILES string of the molecule is CC(=O)CCC1CC12CCCSC2. The third kappa shape index (κ3) is 2.09. The lowest BCUT2D eigenvalue weighted by atomic mass is 9.97. The molecule has 1 aliphatic heterocycles. The lowest BCUT2D eigenvalue weighted by Crippen LogP contribution is -2.14. The summed E-state index contributed by atoms with van der Waals surface area (Å²) >= 11 is 2.12. The third-order valence-electron chi connectivity index (χ3n) is 3.56. The Morgan fingerprint density at radius 3 is 3.08 bits per heavy atom. The normalized spacial score (nSPS) is 37.8. The summed E-state index contributed by atoms with van der Waals surface area (Å²) in [5.74, 6) is 3.99. The van der Waals surface area contributed by atoms with Crippen molar-refractivity contribution in [2.24, 2.45) is 11.3 Å². The average Bonchev–Trinajstić information content (AvgIpc) is 2.77. The summed E-state index contributed by atoms with van der Waals surface area (Å²) in [4.78, 5) is 10.8. The smallest absolute Gasteiger partial charge is 0.129 e. The Morgan fingerprint density at radius 2 is 2.46 bits per heavy atom. The van der Waals surface area contributed by atoms with Gasteiger partial charge in [0.2, 0.25) is 0 Å². The monoisotopic (exact) mass is 198 g/mol. The predicted molar refractivity (Wildman–Crippen MR) is 57.0 cm³/mol. The van der Waals surface area contributed by atoms with Crippen LogP contribution in [-0.4, -0.2) is 17.3 Å². The summed E-state index contributed by atoms with van der Waals surface area (Å²) in [6.45, 7) is 1.71. The van der Waals surface area contributed by atoms with Gasteiger partial charge in [-0.25, -0.2) is 0 Å². The Bertz CT molecular complexity index is 206. The highest BCUT2D eigenvalue weighted by molar-refractivity contribution is 7.99. The first-order valence-electron chi connectivity index (χ1n) is 5.30. The molecule has 0 bridgehead atoms. The van der Waals surface area contributed by atoms with Crippen molar-refractivity contribution < 1.29 is 4.79 Å². The van der Waals surface area contributed by atoms with Gasteiger partial charge in [0.25, 0.3) is 0 Å². The van der Waals surface area contributed by atoms with Gasteiger partial charge in [-0.15, -0.1) is 0 Å². The Balaban J connectivity index is 1.76. The number of Topliss-reactive ketones (excluding diaryl/α,β-unsaturated/α-hetero) is 1. The molecule has 1 saturated heterocycles. The lowest BCUT2D eigenvalue weighted by molar-refractivity contribution is -0.117. The zero-order chi connectivity index (χ0) is 9.31. The molecule has 2 unspecified atom stereocenters. The summed E-state index contributed by atoms with van der Waals surface area (Å²) < 4.78 is 0. The molecule has 1 heterocycles. The number of hydrogen-bond acceptors (Lipinski definition) is 2. The van der Waals surface area contributed by atoms with Crippen molar-refractivity contribution in [1.29, 1.82) is 0 Å². The van der Waals surface area contributed by atoms with Crippen LogP contribution in [0.3, 0.4) is 0 Å². The highest BCUT2D eigenvalue weighted by Gasteiger charge is 2.53. The average molecular weight is 198 g/mol. The van der Waals surface area contributed by atoms with Crippen molar-refractivity contribution >= 4 is 17.5 Å². The van der Waals surface area contributed by atoms with Gasteiger partial charge in [0.1, 0.15) is 5.78 Å². The first-order valence-corrected chi connectivity index (χ1v) is 6.46. The van der Waals surface area contributed by atoms with E-state index >= 15 is 0 Å². The standard InChI is InChI=1S/C11H18OS/c1-9(12)3-4-10-7-11(10)5-2-6-13-8-11/h10H,2-8H2,1H3. The second-order valence-electron chi connectivity index (χ2n) is 4.66. The van der Waals surface area contributed by atoms with Crippen LogP contribution in [0, 0.1) is 11.3 Å². The van der Waals surface area contributed by atoms with E-state index in [0.717, 1.165) is 18.8 Å². The molecule has 2 aliphatic rings. The van der Waals surface area contributed by atoms with Crippen LogP contribution >= 0.6 is 11.8 Å². The van der Waals surface area contributed by atoms with E-state index in [-0.39, 0.29) is 0 Å².